The van der Waals surface area contributed by atoms with Gasteiger partial charge in [-0.25, -0.2) is 9.37 Å². The molecule has 0 saturated heterocycles. The number of carbonyl (C=O) groups excluding carboxylic acids is 1. The second kappa shape index (κ2) is 6.11. The van der Waals surface area contributed by atoms with Crippen molar-refractivity contribution in [2.45, 2.75) is 44.3 Å². The lowest BCUT2D eigenvalue weighted by Crippen LogP contribution is -2.43. The highest BCUT2D eigenvalue weighted by Crippen LogP contribution is 2.33. The summed E-state index contributed by atoms with van der Waals surface area (Å²) in [6.45, 7) is 0.168. The summed E-state index contributed by atoms with van der Waals surface area (Å²) >= 11 is 0. The predicted molar refractivity (Wildman–Crippen MR) is 91.4 cm³/mol. The minimum atomic E-state index is -0.473. The number of rotatable bonds is 3. The van der Waals surface area contributed by atoms with E-state index in [1.54, 1.807) is 24.1 Å². The van der Waals surface area contributed by atoms with Crippen LogP contribution in [0.5, 0.6) is 0 Å². The van der Waals surface area contributed by atoms with Crippen LogP contribution in [0.1, 0.15) is 41.6 Å². The fraction of sp³-hybridized carbons (Fsp3) is 0.471. The molecule has 2 aliphatic rings. The normalized spacial score (nSPS) is 22.6. The Labute approximate surface area is 144 Å². The number of nitrogens with zero attached hydrogens (tertiary/aromatic N) is 3. The third-order valence-corrected chi connectivity index (χ3v) is 5.01. The van der Waals surface area contributed by atoms with Gasteiger partial charge in [0, 0.05) is 43.0 Å². The van der Waals surface area contributed by atoms with Crippen LogP contribution in [-0.2, 0) is 13.6 Å². The van der Waals surface area contributed by atoms with E-state index in [9.17, 15) is 9.18 Å². The monoisotopic (exact) mass is 344 g/mol. The lowest BCUT2D eigenvalue weighted by atomic mass is 9.91. The van der Waals surface area contributed by atoms with Crippen LogP contribution in [0.15, 0.2) is 12.4 Å². The molecule has 0 unspecified atom stereocenters. The molecule has 7 nitrogen and oxygen atoms in total. The van der Waals surface area contributed by atoms with E-state index >= 15 is 0 Å². The van der Waals surface area contributed by atoms with Crippen LogP contribution in [0.2, 0.25) is 0 Å². The van der Waals surface area contributed by atoms with Crippen molar-refractivity contribution in [3.63, 3.8) is 0 Å². The van der Waals surface area contributed by atoms with Crippen LogP contribution >= 0.6 is 0 Å². The van der Waals surface area contributed by atoms with Crippen molar-refractivity contribution < 1.29 is 9.18 Å². The fourth-order valence-electron chi connectivity index (χ4n) is 3.64. The Bertz CT molecular complexity index is 833. The molecule has 1 fully saturated rings. The Morgan fingerprint density at radius 3 is 2.92 bits per heavy atom. The summed E-state index contributed by atoms with van der Waals surface area (Å²) in [5, 5.41) is 10.0. The minimum absolute atomic E-state index is 0.0133. The zero-order chi connectivity index (χ0) is 17.6. The molecule has 4 rings (SSSR count). The Hall–Kier alpha value is -2.48. The second-order valence-electron chi connectivity index (χ2n) is 6.76. The van der Waals surface area contributed by atoms with E-state index in [1.165, 1.54) is 0 Å². The highest BCUT2D eigenvalue weighted by atomic mass is 19.1. The lowest BCUT2D eigenvalue weighted by molar-refractivity contribution is 0.0966. The van der Waals surface area contributed by atoms with E-state index in [1.807, 2.05) is 0 Å². The average Bonchev–Trinajstić information content (AvgIpc) is 3.19. The Balaban J connectivity index is 1.79. The summed E-state index contributed by atoms with van der Waals surface area (Å²) in [5.74, 6) is -0.614. The van der Waals surface area contributed by atoms with Gasteiger partial charge in [0.1, 0.15) is 0 Å². The summed E-state index contributed by atoms with van der Waals surface area (Å²) in [6, 6.07) is -0.0367. The topological polar surface area (TPSA) is 97.9 Å². The van der Waals surface area contributed by atoms with Gasteiger partial charge >= 0.3 is 0 Å². The SMILES string of the molecule is Cn1cc(-c2nc(N[C@H]3CCCC[C@H]3N)c(F)c3c2C(=O)NC3)cn1. The third-order valence-electron chi connectivity index (χ3n) is 5.01. The number of hydrogen-bond acceptors (Lipinski definition) is 5. The van der Waals surface area contributed by atoms with Crippen LogP contribution in [0, 0.1) is 5.82 Å². The molecule has 2 aromatic heterocycles. The maximum atomic E-state index is 15.0. The Kier molecular flexibility index (Phi) is 3.91. The molecule has 132 valence electrons. The number of amides is 1. The summed E-state index contributed by atoms with van der Waals surface area (Å²) < 4.78 is 16.6. The molecule has 4 N–H and O–H groups in total. The fourth-order valence-corrected chi connectivity index (χ4v) is 3.64. The Morgan fingerprint density at radius 1 is 1.40 bits per heavy atom. The van der Waals surface area contributed by atoms with Gasteiger partial charge in [-0.1, -0.05) is 12.8 Å². The van der Waals surface area contributed by atoms with Crippen molar-refractivity contribution in [2.24, 2.45) is 12.8 Å². The number of carbonyl (C=O) groups is 1. The van der Waals surface area contributed by atoms with Gasteiger partial charge in [0.15, 0.2) is 11.6 Å². The number of halogens is 1. The standard InChI is InChI=1S/C17H21FN6O/c1-24-8-9(6-21-24)15-13-10(7-20-17(13)25)14(18)16(23-15)22-12-5-3-2-4-11(12)19/h6,8,11-12H,2-5,7,19H2,1H3,(H,20,25)(H,22,23)/t11-,12+/m1/s1. The maximum Gasteiger partial charge on any atom is 0.254 e. The van der Waals surface area contributed by atoms with Gasteiger partial charge in [-0.3, -0.25) is 9.48 Å². The lowest BCUT2D eigenvalue weighted by Gasteiger charge is -2.30. The number of nitrogens with one attached hydrogen (secondary N) is 2. The maximum absolute atomic E-state index is 15.0. The average molecular weight is 344 g/mol. The summed E-state index contributed by atoms with van der Waals surface area (Å²) in [4.78, 5) is 16.6. The molecule has 0 spiro atoms. The molecule has 0 radical (unpaired) electrons. The van der Waals surface area contributed by atoms with Crippen molar-refractivity contribution >= 4 is 11.7 Å². The molecule has 0 bridgehead atoms. The molecule has 1 aliphatic carbocycles. The van der Waals surface area contributed by atoms with Crippen LogP contribution in [-0.4, -0.2) is 32.8 Å². The van der Waals surface area contributed by atoms with Crippen LogP contribution in [0.4, 0.5) is 10.2 Å². The molecule has 2 aromatic rings. The number of fused-ring (bicyclic) bond motifs is 1. The largest absolute Gasteiger partial charge is 0.363 e. The smallest absolute Gasteiger partial charge is 0.254 e. The first-order chi connectivity index (χ1) is 12.0. The van der Waals surface area contributed by atoms with Gasteiger partial charge in [-0.2, -0.15) is 5.10 Å². The van der Waals surface area contributed by atoms with E-state index in [0.717, 1.165) is 25.7 Å². The zero-order valence-electron chi connectivity index (χ0n) is 14.1. The highest BCUT2D eigenvalue weighted by molar-refractivity contribution is 6.04. The summed E-state index contributed by atoms with van der Waals surface area (Å²) in [5.41, 5.74) is 7.96. The first-order valence-corrected chi connectivity index (χ1v) is 8.56. The second-order valence-corrected chi connectivity index (χ2v) is 6.76. The number of hydrogen-bond donors (Lipinski definition) is 3. The van der Waals surface area contributed by atoms with Crippen molar-refractivity contribution in [3.05, 3.63) is 29.3 Å². The van der Waals surface area contributed by atoms with E-state index < -0.39 is 5.82 Å². The third kappa shape index (κ3) is 2.76. The van der Waals surface area contributed by atoms with Crippen LogP contribution in [0.25, 0.3) is 11.3 Å². The number of aryl methyl sites for hydroxylation is 1. The van der Waals surface area contributed by atoms with Crippen LogP contribution < -0.4 is 16.4 Å². The quantitative estimate of drug-likeness (QED) is 0.785. The number of aromatic nitrogens is 3. The van der Waals surface area contributed by atoms with E-state index in [-0.39, 0.29) is 30.4 Å². The molecular weight excluding hydrogens is 323 g/mol. The van der Waals surface area contributed by atoms with Gasteiger partial charge in [0.25, 0.3) is 5.91 Å². The summed E-state index contributed by atoms with van der Waals surface area (Å²) in [7, 11) is 1.79. The van der Waals surface area contributed by atoms with E-state index in [0.29, 0.717) is 22.4 Å². The van der Waals surface area contributed by atoms with Crippen molar-refractivity contribution in [2.75, 3.05) is 5.32 Å². The molecule has 25 heavy (non-hydrogen) atoms. The van der Waals surface area contributed by atoms with Gasteiger partial charge in [-0.15, -0.1) is 0 Å². The van der Waals surface area contributed by atoms with Crippen molar-refractivity contribution in [1.29, 1.82) is 0 Å². The molecule has 2 atom stereocenters. The molecule has 3 heterocycles. The molecule has 0 aromatic carbocycles. The minimum Gasteiger partial charge on any atom is -0.363 e. The molecule has 1 amide bonds. The first-order valence-electron chi connectivity index (χ1n) is 8.56. The van der Waals surface area contributed by atoms with E-state index in [4.69, 9.17) is 5.73 Å². The van der Waals surface area contributed by atoms with Crippen LogP contribution in [0.3, 0.4) is 0 Å². The van der Waals surface area contributed by atoms with Gasteiger partial charge in [0.2, 0.25) is 0 Å². The molecule has 1 saturated carbocycles. The number of anilines is 1. The van der Waals surface area contributed by atoms with Gasteiger partial charge < -0.3 is 16.4 Å². The summed E-state index contributed by atoms with van der Waals surface area (Å²) in [6.07, 6.45) is 7.36. The first kappa shape index (κ1) is 16.0. The van der Waals surface area contributed by atoms with Gasteiger partial charge in [-0.05, 0) is 12.8 Å². The van der Waals surface area contributed by atoms with Gasteiger partial charge in [0.05, 0.1) is 17.5 Å². The predicted octanol–water partition coefficient (Wildman–Crippen LogP) is 1.55. The molecular formula is C17H21FN6O. The zero-order valence-corrected chi connectivity index (χ0v) is 14.1. The highest BCUT2D eigenvalue weighted by Gasteiger charge is 2.32. The molecule has 1 aliphatic heterocycles. The Morgan fingerprint density at radius 2 is 2.20 bits per heavy atom. The van der Waals surface area contributed by atoms with E-state index in [2.05, 4.69) is 20.7 Å². The van der Waals surface area contributed by atoms with Crippen molar-refractivity contribution in [1.82, 2.24) is 20.1 Å². The number of pyridine rings is 1. The van der Waals surface area contributed by atoms with Crippen molar-refractivity contribution in [3.8, 4) is 11.3 Å². The molecule has 8 heteroatoms. The number of nitrogens with two attached hydrogens (primary N) is 1.